The third-order valence-corrected chi connectivity index (χ3v) is 3.09. The van der Waals surface area contributed by atoms with Crippen molar-refractivity contribution in [3.05, 3.63) is 24.3 Å². The topological polar surface area (TPSA) is 55.1 Å². The molecular formula is C12H16F2N2OS. The molecule has 1 amide bonds. The third-order valence-electron chi connectivity index (χ3n) is 2.37. The highest BCUT2D eigenvalue weighted by molar-refractivity contribution is 7.99. The van der Waals surface area contributed by atoms with E-state index >= 15 is 0 Å². The molecule has 0 fully saturated rings. The number of rotatable bonds is 5. The van der Waals surface area contributed by atoms with E-state index in [9.17, 15) is 13.6 Å². The molecular weight excluding hydrogens is 258 g/mol. The van der Waals surface area contributed by atoms with Crippen LogP contribution in [0.5, 0.6) is 0 Å². The number of alkyl halides is 2. The van der Waals surface area contributed by atoms with Gasteiger partial charge in [-0.3, -0.25) is 4.79 Å². The Kier molecular flexibility index (Phi) is 5.55. The highest BCUT2D eigenvalue weighted by Crippen LogP contribution is 2.26. The Hall–Kier alpha value is -1.14. The molecule has 0 aromatic heterocycles. The van der Waals surface area contributed by atoms with Crippen LogP contribution in [0.15, 0.2) is 29.2 Å². The summed E-state index contributed by atoms with van der Waals surface area (Å²) in [5.41, 5.74) is 6.24. The second-order valence-electron chi connectivity index (χ2n) is 4.16. The molecule has 0 aliphatic heterocycles. The number of benzene rings is 1. The lowest BCUT2D eigenvalue weighted by Crippen LogP contribution is -2.39. The normalized spacial score (nSPS) is 12.8. The van der Waals surface area contributed by atoms with Gasteiger partial charge in [-0.05, 0) is 30.2 Å². The molecule has 1 aromatic carbocycles. The van der Waals surface area contributed by atoms with Gasteiger partial charge in [0.15, 0.2) is 0 Å². The molecule has 1 aromatic rings. The summed E-state index contributed by atoms with van der Waals surface area (Å²) in [7, 11) is 0. The van der Waals surface area contributed by atoms with Crippen molar-refractivity contribution in [2.24, 2.45) is 11.7 Å². The van der Waals surface area contributed by atoms with Crippen molar-refractivity contribution in [1.29, 1.82) is 0 Å². The van der Waals surface area contributed by atoms with Crippen molar-refractivity contribution in [2.75, 3.05) is 5.32 Å². The van der Waals surface area contributed by atoms with Crippen LogP contribution in [0.2, 0.25) is 0 Å². The van der Waals surface area contributed by atoms with Crippen LogP contribution in [-0.4, -0.2) is 17.7 Å². The summed E-state index contributed by atoms with van der Waals surface area (Å²) in [5, 5.41) is 2.64. The monoisotopic (exact) mass is 274 g/mol. The van der Waals surface area contributed by atoms with Gasteiger partial charge in [0, 0.05) is 10.6 Å². The van der Waals surface area contributed by atoms with Crippen LogP contribution in [0, 0.1) is 5.92 Å². The fraction of sp³-hybridized carbons (Fsp3) is 0.417. The molecule has 1 atom stereocenters. The molecule has 3 nitrogen and oxygen atoms in total. The van der Waals surface area contributed by atoms with E-state index in [2.05, 4.69) is 5.32 Å². The Labute approximate surface area is 109 Å². The standard InChI is InChI=1S/C12H16F2N2OS/c1-7(2)10(15)11(17)16-8-3-5-9(6-4-8)18-12(13)14/h3-7,10,12H,15H2,1-2H3,(H,16,17). The molecule has 0 saturated carbocycles. The average molecular weight is 274 g/mol. The van der Waals surface area contributed by atoms with Crippen LogP contribution < -0.4 is 11.1 Å². The molecule has 3 N–H and O–H groups in total. The molecule has 0 bridgehead atoms. The minimum atomic E-state index is -2.44. The molecule has 1 rings (SSSR count). The number of nitrogens with one attached hydrogen (secondary N) is 1. The van der Waals surface area contributed by atoms with Crippen LogP contribution in [-0.2, 0) is 4.79 Å². The number of carbonyl (C=O) groups is 1. The fourth-order valence-corrected chi connectivity index (χ4v) is 1.75. The summed E-state index contributed by atoms with van der Waals surface area (Å²) in [4.78, 5) is 12.1. The van der Waals surface area contributed by atoms with Crippen LogP contribution in [0.4, 0.5) is 14.5 Å². The van der Waals surface area contributed by atoms with Crippen LogP contribution >= 0.6 is 11.8 Å². The van der Waals surface area contributed by atoms with Gasteiger partial charge in [0.1, 0.15) is 0 Å². The lowest BCUT2D eigenvalue weighted by molar-refractivity contribution is -0.118. The number of halogens is 2. The number of anilines is 1. The van der Waals surface area contributed by atoms with E-state index in [1.54, 1.807) is 12.1 Å². The Morgan fingerprint density at radius 1 is 1.28 bits per heavy atom. The zero-order chi connectivity index (χ0) is 13.7. The first-order valence-corrected chi connectivity index (χ1v) is 6.39. The second-order valence-corrected chi connectivity index (χ2v) is 5.23. The van der Waals surface area contributed by atoms with Crippen LogP contribution in [0.1, 0.15) is 13.8 Å². The van der Waals surface area contributed by atoms with Gasteiger partial charge in [-0.1, -0.05) is 25.6 Å². The first-order valence-electron chi connectivity index (χ1n) is 5.51. The van der Waals surface area contributed by atoms with E-state index in [4.69, 9.17) is 5.73 Å². The molecule has 0 aliphatic carbocycles. The van der Waals surface area contributed by atoms with Gasteiger partial charge in [0.2, 0.25) is 5.91 Å². The number of amides is 1. The minimum absolute atomic E-state index is 0.0404. The first-order chi connectivity index (χ1) is 8.40. The quantitative estimate of drug-likeness (QED) is 0.812. The second kappa shape index (κ2) is 6.70. The van der Waals surface area contributed by atoms with E-state index in [0.717, 1.165) is 0 Å². The number of hydrogen-bond donors (Lipinski definition) is 2. The molecule has 0 aliphatic rings. The maximum Gasteiger partial charge on any atom is 0.288 e. The Morgan fingerprint density at radius 2 is 1.83 bits per heavy atom. The van der Waals surface area contributed by atoms with Crippen molar-refractivity contribution < 1.29 is 13.6 Å². The van der Waals surface area contributed by atoms with Crippen molar-refractivity contribution in [1.82, 2.24) is 0 Å². The highest BCUT2D eigenvalue weighted by Gasteiger charge is 2.17. The van der Waals surface area contributed by atoms with Crippen molar-refractivity contribution in [2.45, 2.75) is 30.5 Å². The third kappa shape index (κ3) is 4.62. The molecule has 6 heteroatoms. The van der Waals surface area contributed by atoms with E-state index in [-0.39, 0.29) is 11.8 Å². The summed E-state index contributed by atoms with van der Waals surface area (Å²) in [6, 6.07) is 5.64. The lowest BCUT2D eigenvalue weighted by Gasteiger charge is -2.15. The van der Waals surface area contributed by atoms with Crippen molar-refractivity contribution >= 4 is 23.4 Å². The first kappa shape index (κ1) is 14.9. The highest BCUT2D eigenvalue weighted by atomic mass is 32.2. The number of hydrogen-bond acceptors (Lipinski definition) is 3. The SMILES string of the molecule is CC(C)C(N)C(=O)Nc1ccc(SC(F)F)cc1. The average Bonchev–Trinajstić information content (AvgIpc) is 2.29. The lowest BCUT2D eigenvalue weighted by atomic mass is 10.1. The zero-order valence-corrected chi connectivity index (χ0v) is 11.0. The van der Waals surface area contributed by atoms with E-state index in [0.29, 0.717) is 22.3 Å². The zero-order valence-electron chi connectivity index (χ0n) is 10.2. The summed E-state index contributed by atoms with van der Waals surface area (Å²) in [5.74, 6) is -2.68. The maximum atomic E-state index is 12.1. The van der Waals surface area contributed by atoms with E-state index < -0.39 is 11.8 Å². The summed E-state index contributed by atoms with van der Waals surface area (Å²) >= 11 is 0.466. The van der Waals surface area contributed by atoms with Gasteiger partial charge >= 0.3 is 0 Å². The Balaban J connectivity index is 2.61. The van der Waals surface area contributed by atoms with Gasteiger partial charge < -0.3 is 11.1 Å². The number of thioether (sulfide) groups is 1. The summed E-state index contributed by atoms with van der Waals surface area (Å²) < 4.78 is 24.2. The van der Waals surface area contributed by atoms with Gasteiger partial charge in [-0.2, -0.15) is 8.78 Å². The molecule has 1 unspecified atom stereocenters. The molecule has 18 heavy (non-hydrogen) atoms. The van der Waals surface area contributed by atoms with Gasteiger partial charge in [0.05, 0.1) is 6.04 Å². The molecule has 0 saturated heterocycles. The molecule has 0 radical (unpaired) electrons. The number of nitrogens with two attached hydrogens (primary N) is 1. The van der Waals surface area contributed by atoms with Crippen LogP contribution in [0.25, 0.3) is 0 Å². The van der Waals surface area contributed by atoms with Gasteiger partial charge in [-0.25, -0.2) is 0 Å². The maximum absolute atomic E-state index is 12.1. The predicted molar refractivity (Wildman–Crippen MR) is 69.7 cm³/mol. The van der Waals surface area contributed by atoms with E-state index in [1.165, 1.54) is 12.1 Å². The fourth-order valence-electron chi connectivity index (χ4n) is 1.25. The predicted octanol–water partition coefficient (Wildman–Crippen LogP) is 2.92. The van der Waals surface area contributed by atoms with Gasteiger partial charge in [0.25, 0.3) is 5.76 Å². The summed E-state index contributed by atoms with van der Waals surface area (Å²) in [6.45, 7) is 3.71. The Morgan fingerprint density at radius 3 is 2.28 bits per heavy atom. The molecule has 0 heterocycles. The van der Waals surface area contributed by atoms with Crippen molar-refractivity contribution in [3.63, 3.8) is 0 Å². The minimum Gasteiger partial charge on any atom is -0.325 e. The Bertz CT molecular complexity index is 396. The molecule has 100 valence electrons. The number of carbonyl (C=O) groups excluding carboxylic acids is 1. The largest absolute Gasteiger partial charge is 0.325 e. The summed E-state index contributed by atoms with van der Waals surface area (Å²) in [6.07, 6.45) is 0. The smallest absolute Gasteiger partial charge is 0.288 e. The van der Waals surface area contributed by atoms with E-state index in [1.807, 2.05) is 13.8 Å². The van der Waals surface area contributed by atoms with Gasteiger partial charge in [-0.15, -0.1) is 0 Å². The van der Waals surface area contributed by atoms with Crippen molar-refractivity contribution in [3.8, 4) is 0 Å². The molecule has 0 spiro atoms. The van der Waals surface area contributed by atoms with Crippen LogP contribution in [0.3, 0.4) is 0 Å².